The predicted molar refractivity (Wildman–Crippen MR) is 200 cm³/mol. The number of alkyl halides is 3. The van der Waals surface area contributed by atoms with E-state index in [1.165, 1.54) is 16.8 Å². The lowest BCUT2D eigenvalue weighted by atomic mass is 9.85. The lowest BCUT2D eigenvalue weighted by molar-refractivity contribution is -0.137. The number of likely N-dealkylation sites (tertiary alicyclic amines) is 2. The summed E-state index contributed by atoms with van der Waals surface area (Å²) in [5.74, 6) is -0.488. The molecule has 1 saturated carbocycles. The Morgan fingerprint density at radius 3 is 2.51 bits per heavy atom. The van der Waals surface area contributed by atoms with Crippen LogP contribution in [-0.4, -0.2) is 89.1 Å². The minimum absolute atomic E-state index is 0.0285. The van der Waals surface area contributed by atoms with Crippen LogP contribution in [0.5, 0.6) is 5.75 Å². The van der Waals surface area contributed by atoms with Gasteiger partial charge in [-0.05, 0) is 69.8 Å². The van der Waals surface area contributed by atoms with Crippen molar-refractivity contribution in [2.24, 2.45) is 5.92 Å². The molecule has 3 atom stereocenters. The van der Waals surface area contributed by atoms with Gasteiger partial charge in [-0.15, -0.1) is 5.10 Å². The fraction of sp³-hybridized carbons (Fsp3) is 0.410. The molecular formula is C39H37ClF3N9O5. The van der Waals surface area contributed by atoms with E-state index in [1.54, 1.807) is 18.4 Å². The third-order valence-corrected chi connectivity index (χ3v) is 12.3. The van der Waals surface area contributed by atoms with Crippen LogP contribution in [0, 0.1) is 12.8 Å². The Bertz CT molecular complexity index is 2550. The molecule has 18 heteroatoms. The predicted octanol–water partition coefficient (Wildman–Crippen LogP) is 5.10. The molecule has 296 valence electrons. The molecule has 1 spiro atoms. The van der Waals surface area contributed by atoms with Crippen molar-refractivity contribution in [2.75, 3.05) is 38.5 Å². The van der Waals surface area contributed by atoms with Gasteiger partial charge in [-0.1, -0.05) is 35.9 Å². The first kappa shape index (κ1) is 37.2. The van der Waals surface area contributed by atoms with Gasteiger partial charge in [0.05, 0.1) is 39.3 Å². The highest BCUT2D eigenvalue weighted by molar-refractivity contribution is 6.33. The van der Waals surface area contributed by atoms with Crippen molar-refractivity contribution in [3.05, 3.63) is 97.9 Å². The summed E-state index contributed by atoms with van der Waals surface area (Å²) >= 11 is 6.18. The quantitative estimate of drug-likeness (QED) is 0.237. The zero-order valence-electron chi connectivity index (χ0n) is 31.1. The maximum Gasteiger partial charge on any atom is 0.416 e. The number of likely N-dealkylation sites (N-methyl/N-ethyl adjacent to an activating group) is 1. The molecule has 2 aromatic carbocycles. The van der Waals surface area contributed by atoms with Crippen LogP contribution in [0.2, 0.25) is 5.02 Å². The average Bonchev–Trinajstić information content (AvgIpc) is 3.42. The number of rotatable bonds is 6. The number of benzene rings is 2. The normalized spacial score (nSPS) is 22.5. The second kappa shape index (κ2) is 13.1. The van der Waals surface area contributed by atoms with Gasteiger partial charge in [0.15, 0.2) is 17.3 Å². The van der Waals surface area contributed by atoms with E-state index in [9.17, 15) is 32.7 Å². The van der Waals surface area contributed by atoms with E-state index in [2.05, 4.69) is 44.5 Å². The topological polar surface area (TPSA) is 160 Å². The van der Waals surface area contributed by atoms with Crippen LogP contribution < -0.4 is 10.9 Å². The molecule has 3 aromatic heterocycles. The Kier molecular flexibility index (Phi) is 8.53. The molecule has 1 unspecified atom stereocenters. The van der Waals surface area contributed by atoms with Crippen LogP contribution in [0.3, 0.4) is 0 Å². The number of halogens is 4. The Balaban J connectivity index is 1.08. The Morgan fingerprint density at radius 2 is 1.84 bits per heavy atom. The summed E-state index contributed by atoms with van der Waals surface area (Å²) in [6.07, 6.45) is -2.58. The molecule has 57 heavy (non-hydrogen) atoms. The van der Waals surface area contributed by atoms with Crippen molar-refractivity contribution in [3.8, 4) is 17.1 Å². The van der Waals surface area contributed by atoms with Crippen molar-refractivity contribution in [2.45, 2.75) is 63.0 Å². The highest BCUT2D eigenvalue weighted by atomic mass is 35.5. The number of aromatic nitrogens is 6. The summed E-state index contributed by atoms with van der Waals surface area (Å²) in [5, 5.41) is 17.5. The van der Waals surface area contributed by atoms with Gasteiger partial charge in [-0.2, -0.15) is 22.7 Å². The molecule has 3 aliphatic heterocycles. The van der Waals surface area contributed by atoms with E-state index in [0.29, 0.717) is 17.2 Å². The fourth-order valence-corrected chi connectivity index (χ4v) is 9.35. The van der Waals surface area contributed by atoms with E-state index in [1.807, 2.05) is 12.1 Å². The summed E-state index contributed by atoms with van der Waals surface area (Å²) in [6, 6.07) is 10.7. The number of nitrogens with zero attached hydrogens (tertiary/aromatic N) is 8. The largest absolute Gasteiger partial charge is 0.504 e. The van der Waals surface area contributed by atoms with Gasteiger partial charge >= 0.3 is 6.18 Å². The Hall–Kier alpha value is -5.39. The molecule has 4 aliphatic rings. The van der Waals surface area contributed by atoms with Gasteiger partial charge in [-0.25, -0.2) is 9.97 Å². The Morgan fingerprint density at radius 1 is 1.11 bits per heavy atom. The van der Waals surface area contributed by atoms with Crippen LogP contribution in [0.25, 0.3) is 17.2 Å². The number of ether oxygens (including phenoxy) is 1. The summed E-state index contributed by atoms with van der Waals surface area (Å²) in [7, 11) is 2.12. The number of aryl methyl sites for hydroxylation is 1. The van der Waals surface area contributed by atoms with Gasteiger partial charge in [0.25, 0.3) is 11.5 Å². The first-order valence-corrected chi connectivity index (χ1v) is 18.9. The molecule has 1 aliphatic carbocycles. The lowest BCUT2D eigenvalue weighted by Crippen LogP contribution is -2.47. The summed E-state index contributed by atoms with van der Waals surface area (Å²) in [4.78, 5) is 58.4. The first-order valence-electron chi connectivity index (χ1n) is 18.6. The molecule has 9 rings (SSSR count). The van der Waals surface area contributed by atoms with Crippen LogP contribution >= 0.6 is 11.6 Å². The van der Waals surface area contributed by atoms with Gasteiger partial charge in [-0.3, -0.25) is 14.4 Å². The number of nitrogens with one attached hydrogen (secondary N) is 1. The highest BCUT2D eigenvalue weighted by Gasteiger charge is 2.59. The number of hydrogen-bond donors (Lipinski definition) is 2. The lowest BCUT2D eigenvalue weighted by Gasteiger charge is -2.39. The smallest absolute Gasteiger partial charge is 0.416 e. The third kappa shape index (κ3) is 6.05. The van der Waals surface area contributed by atoms with Gasteiger partial charge in [0.1, 0.15) is 18.5 Å². The third-order valence-electron chi connectivity index (χ3n) is 12.0. The van der Waals surface area contributed by atoms with Crippen molar-refractivity contribution < 1.29 is 32.6 Å². The van der Waals surface area contributed by atoms with Crippen molar-refractivity contribution in [1.29, 1.82) is 0 Å². The summed E-state index contributed by atoms with van der Waals surface area (Å²) in [5.41, 5.74) is 0.208. The number of fused-ring (bicyclic) bond motifs is 4. The van der Waals surface area contributed by atoms with E-state index in [-0.39, 0.29) is 76.4 Å². The monoisotopic (exact) mass is 803 g/mol. The molecular weight excluding hydrogens is 767 g/mol. The maximum atomic E-state index is 14.6. The minimum atomic E-state index is -4.63. The van der Waals surface area contributed by atoms with Gasteiger partial charge < -0.3 is 29.5 Å². The van der Waals surface area contributed by atoms with E-state index in [0.717, 1.165) is 42.2 Å². The number of aromatic hydroxyl groups is 1. The molecule has 0 radical (unpaired) electrons. The molecule has 2 N–H and O–H groups in total. The number of piperidine rings is 2. The van der Waals surface area contributed by atoms with E-state index < -0.39 is 47.4 Å². The molecule has 14 nitrogen and oxygen atoms in total. The number of carbonyl (C=O) groups excluding carboxylic acids is 2. The second-order valence-corrected chi connectivity index (χ2v) is 16.0. The molecule has 5 aromatic rings. The Labute approximate surface area is 328 Å². The zero-order valence-corrected chi connectivity index (χ0v) is 31.9. The fourth-order valence-electron chi connectivity index (χ4n) is 9.13. The van der Waals surface area contributed by atoms with E-state index in [4.69, 9.17) is 21.3 Å². The summed E-state index contributed by atoms with van der Waals surface area (Å²) < 4.78 is 49.3. The second-order valence-electron chi connectivity index (χ2n) is 15.6. The average molecular weight is 804 g/mol. The standard InChI is InChI=1S/C39H37ClF3N9O5/c1-20-32(54)30(45-19-44-20)35(56)50-12-10-38(11-13-50)29-31(21(2)57-38)51(17-28(53)46-27-9-8-24(14-26(27)40)39(41,42)43)36-47-33(48-52(36)34(29)55)22-4-6-23(7-5-22)37-15-25(37)16-49(3)18-37/h4-9,14,19,21,25,54H,10-13,15-18H2,1-3H3,(H,46,53)/t21?,25-,37+/m0/s1. The molecule has 3 fully saturated rings. The first-order chi connectivity index (χ1) is 27.1. The number of amides is 2. The number of anilines is 1. The van der Waals surface area contributed by atoms with Crippen LogP contribution in [0.15, 0.2) is 53.6 Å². The van der Waals surface area contributed by atoms with Crippen LogP contribution in [0.4, 0.5) is 18.9 Å². The van der Waals surface area contributed by atoms with Gasteiger partial charge in [0.2, 0.25) is 11.7 Å². The number of carbonyl (C=O) groups is 2. The zero-order chi connectivity index (χ0) is 40.2. The minimum Gasteiger partial charge on any atom is -0.504 e. The molecule has 6 heterocycles. The van der Waals surface area contributed by atoms with Crippen molar-refractivity contribution in [1.82, 2.24) is 38.9 Å². The summed E-state index contributed by atoms with van der Waals surface area (Å²) in [6.45, 7) is 5.27. The maximum absolute atomic E-state index is 14.6. The van der Waals surface area contributed by atoms with Crippen LogP contribution in [0.1, 0.15) is 70.9 Å². The molecule has 2 amide bonds. The van der Waals surface area contributed by atoms with E-state index >= 15 is 0 Å². The molecule has 0 bridgehead atoms. The van der Waals surface area contributed by atoms with Crippen molar-refractivity contribution >= 4 is 34.9 Å². The van der Waals surface area contributed by atoms with Crippen molar-refractivity contribution in [3.63, 3.8) is 0 Å². The molecule has 2 saturated heterocycles. The highest BCUT2D eigenvalue weighted by Crippen LogP contribution is 2.58. The van der Waals surface area contributed by atoms with Gasteiger partial charge in [0, 0.05) is 37.2 Å². The SMILES string of the molecule is Cc1ncnc(C(=O)N2CCC3(CC2)OC(C)c2c3c(=O)n3nc(-c4ccc([C@]56C[C@H]5CN(C)C6)cc4)nc3n2CC(=O)Nc2ccc(C(F)(F)F)cc2Cl)c1O. The number of hydrogen-bond acceptors (Lipinski definition) is 10. The van der Waals surface area contributed by atoms with Crippen LogP contribution in [-0.2, 0) is 33.3 Å².